The molecule has 7 heteroatoms. The monoisotopic (exact) mass is 475 g/mol. The number of carbonyl (C=O) groups is 3. The number of aliphatic hydroxyl groups is 1. The highest BCUT2D eigenvalue weighted by Gasteiger charge is 2.31. The summed E-state index contributed by atoms with van der Waals surface area (Å²) in [6, 6.07) is 0.359. The molecule has 1 unspecified atom stereocenters. The molecule has 34 heavy (non-hydrogen) atoms. The first-order valence-electron chi connectivity index (χ1n) is 13.8. The molecule has 3 aliphatic rings. The van der Waals surface area contributed by atoms with Crippen molar-refractivity contribution in [3.05, 3.63) is 12.2 Å². The number of carbonyl (C=O) groups excluding carboxylic acids is 3. The fourth-order valence-corrected chi connectivity index (χ4v) is 5.60. The van der Waals surface area contributed by atoms with E-state index in [0.717, 1.165) is 57.8 Å². The molecule has 0 radical (unpaired) electrons. The van der Waals surface area contributed by atoms with Crippen LogP contribution in [0.5, 0.6) is 0 Å². The molecular weight excluding hydrogens is 430 g/mol. The second-order valence-corrected chi connectivity index (χ2v) is 10.5. The average Bonchev–Trinajstić information content (AvgIpc) is 3.21. The van der Waals surface area contributed by atoms with E-state index in [1.165, 1.54) is 55.6 Å². The molecule has 1 aliphatic heterocycles. The van der Waals surface area contributed by atoms with Gasteiger partial charge in [-0.1, -0.05) is 44.9 Å². The van der Waals surface area contributed by atoms with Crippen LogP contribution in [0.3, 0.4) is 0 Å². The summed E-state index contributed by atoms with van der Waals surface area (Å²) in [5, 5.41) is 16.2. The summed E-state index contributed by atoms with van der Waals surface area (Å²) in [5.41, 5.74) is 0. The third-order valence-electron chi connectivity index (χ3n) is 7.79. The number of nitrogens with one attached hydrogen (secondary N) is 2. The van der Waals surface area contributed by atoms with Crippen LogP contribution < -0.4 is 10.6 Å². The van der Waals surface area contributed by atoms with Gasteiger partial charge in [0.2, 0.25) is 17.7 Å². The molecule has 0 aromatic heterocycles. The molecule has 192 valence electrons. The zero-order valence-corrected chi connectivity index (χ0v) is 20.8. The molecule has 0 spiro atoms. The van der Waals surface area contributed by atoms with Crippen LogP contribution in [0.1, 0.15) is 103 Å². The summed E-state index contributed by atoms with van der Waals surface area (Å²) >= 11 is 0. The molecule has 0 saturated heterocycles. The van der Waals surface area contributed by atoms with Gasteiger partial charge in [-0.25, -0.2) is 0 Å². The van der Waals surface area contributed by atoms with Crippen LogP contribution in [0.25, 0.3) is 0 Å². The van der Waals surface area contributed by atoms with E-state index < -0.39 is 6.23 Å². The quantitative estimate of drug-likeness (QED) is 0.419. The number of hydrogen-bond donors (Lipinski definition) is 3. The maximum atomic E-state index is 12.5. The Morgan fingerprint density at radius 2 is 1.59 bits per heavy atom. The first-order valence-corrected chi connectivity index (χ1v) is 13.8. The first kappa shape index (κ1) is 26.7. The lowest BCUT2D eigenvalue weighted by molar-refractivity contribution is -0.133. The summed E-state index contributed by atoms with van der Waals surface area (Å²) in [7, 11) is 0. The second kappa shape index (κ2) is 14.5. The highest BCUT2D eigenvalue weighted by atomic mass is 16.3. The van der Waals surface area contributed by atoms with E-state index in [2.05, 4.69) is 10.6 Å². The summed E-state index contributed by atoms with van der Waals surface area (Å²) in [6.07, 6.45) is 18.9. The Morgan fingerprint density at radius 1 is 0.912 bits per heavy atom. The summed E-state index contributed by atoms with van der Waals surface area (Å²) in [4.78, 5) is 38.1. The van der Waals surface area contributed by atoms with Gasteiger partial charge >= 0.3 is 0 Å². The van der Waals surface area contributed by atoms with Gasteiger partial charge in [0.15, 0.2) is 0 Å². The summed E-state index contributed by atoms with van der Waals surface area (Å²) in [6.45, 7) is 1.23. The van der Waals surface area contributed by atoms with Crippen LogP contribution in [0, 0.1) is 11.8 Å². The van der Waals surface area contributed by atoms with Gasteiger partial charge in [0.25, 0.3) is 0 Å². The molecule has 0 aromatic rings. The lowest BCUT2D eigenvalue weighted by Gasteiger charge is -2.31. The van der Waals surface area contributed by atoms with E-state index in [-0.39, 0.29) is 23.6 Å². The van der Waals surface area contributed by atoms with Crippen LogP contribution in [0.15, 0.2) is 12.2 Å². The van der Waals surface area contributed by atoms with Crippen LogP contribution in [0.4, 0.5) is 0 Å². The number of nitrogens with zero attached hydrogens (tertiary/aromatic N) is 1. The van der Waals surface area contributed by atoms with E-state index in [0.29, 0.717) is 31.5 Å². The van der Waals surface area contributed by atoms with E-state index in [4.69, 9.17) is 0 Å². The Hall–Kier alpha value is -1.89. The van der Waals surface area contributed by atoms with E-state index >= 15 is 0 Å². The standard InChI is InChI=1S/C27H45N3O4/c31-24(29-23-10-6-3-1-2-4-7-11-23)12-8-5-9-19-28-27(34)22-15-13-21(14-16-22)20-30-25(32)17-18-26(30)33/h17-18,21-23,25,32H,1-16,19-20H2,(H,28,34)(H,29,31). The SMILES string of the molecule is O=C(CCCCCNC(=O)C1CCC(CN2C(=O)C=CC2O)CC1)NC1CCCCCCCC1. The smallest absolute Gasteiger partial charge is 0.248 e. The van der Waals surface area contributed by atoms with Crippen molar-refractivity contribution in [3.63, 3.8) is 0 Å². The number of hydrogen-bond acceptors (Lipinski definition) is 4. The Morgan fingerprint density at radius 3 is 2.24 bits per heavy atom. The van der Waals surface area contributed by atoms with Crippen molar-refractivity contribution in [1.29, 1.82) is 0 Å². The molecule has 3 amide bonds. The Balaban J connectivity index is 1.20. The topological polar surface area (TPSA) is 98.7 Å². The zero-order valence-electron chi connectivity index (χ0n) is 20.8. The number of unbranched alkanes of at least 4 members (excludes halogenated alkanes) is 2. The van der Waals surface area contributed by atoms with Crippen molar-refractivity contribution in [1.82, 2.24) is 15.5 Å². The Bertz CT molecular complexity index is 677. The highest BCUT2D eigenvalue weighted by Crippen LogP contribution is 2.30. The summed E-state index contributed by atoms with van der Waals surface area (Å²) in [5.74, 6) is 0.590. The number of rotatable bonds is 10. The molecule has 2 saturated carbocycles. The van der Waals surface area contributed by atoms with Crippen molar-refractivity contribution in [2.45, 2.75) is 115 Å². The fraction of sp³-hybridized carbons (Fsp3) is 0.815. The van der Waals surface area contributed by atoms with Gasteiger partial charge in [-0.3, -0.25) is 14.4 Å². The minimum Gasteiger partial charge on any atom is -0.370 e. The second-order valence-electron chi connectivity index (χ2n) is 10.5. The predicted molar refractivity (Wildman–Crippen MR) is 133 cm³/mol. The van der Waals surface area contributed by atoms with Gasteiger partial charge < -0.3 is 20.6 Å². The zero-order chi connectivity index (χ0) is 24.2. The molecule has 0 aromatic carbocycles. The third kappa shape index (κ3) is 9.05. The molecule has 0 bridgehead atoms. The molecule has 1 heterocycles. The molecule has 1 atom stereocenters. The van der Waals surface area contributed by atoms with E-state index in [1.54, 1.807) is 0 Å². The molecule has 2 aliphatic carbocycles. The van der Waals surface area contributed by atoms with Crippen molar-refractivity contribution < 1.29 is 19.5 Å². The van der Waals surface area contributed by atoms with Crippen molar-refractivity contribution in [2.75, 3.05) is 13.1 Å². The van der Waals surface area contributed by atoms with Crippen LogP contribution in [-0.2, 0) is 14.4 Å². The lowest BCUT2D eigenvalue weighted by Crippen LogP contribution is -2.40. The Kier molecular flexibility index (Phi) is 11.4. The van der Waals surface area contributed by atoms with Crippen molar-refractivity contribution in [2.24, 2.45) is 11.8 Å². The van der Waals surface area contributed by atoms with E-state index in [9.17, 15) is 19.5 Å². The van der Waals surface area contributed by atoms with Crippen LogP contribution in [0.2, 0.25) is 0 Å². The maximum Gasteiger partial charge on any atom is 0.248 e. The van der Waals surface area contributed by atoms with Gasteiger partial charge in [-0.05, 0) is 63.4 Å². The van der Waals surface area contributed by atoms with Crippen LogP contribution >= 0.6 is 0 Å². The molecular formula is C27H45N3O4. The van der Waals surface area contributed by atoms with Gasteiger partial charge in [0, 0.05) is 37.5 Å². The summed E-state index contributed by atoms with van der Waals surface area (Å²) < 4.78 is 0. The average molecular weight is 476 g/mol. The Labute approximate surface area is 205 Å². The van der Waals surface area contributed by atoms with Crippen molar-refractivity contribution >= 4 is 17.7 Å². The largest absolute Gasteiger partial charge is 0.370 e. The van der Waals surface area contributed by atoms with E-state index in [1.807, 2.05) is 0 Å². The van der Waals surface area contributed by atoms with Gasteiger partial charge in [0.1, 0.15) is 6.23 Å². The normalized spacial score (nSPS) is 26.6. The first-order chi connectivity index (χ1) is 16.5. The molecule has 7 nitrogen and oxygen atoms in total. The third-order valence-corrected chi connectivity index (χ3v) is 7.79. The number of amides is 3. The van der Waals surface area contributed by atoms with Gasteiger partial charge in [0.05, 0.1) is 0 Å². The van der Waals surface area contributed by atoms with Gasteiger partial charge in [-0.15, -0.1) is 0 Å². The molecule has 2 fully saturated rings. The minimum absolute atomic E-state index is 0.0485. The maximum absolute atomic E-state index is 12.5. The number of aliphatic hydroxyl groups excluding tert-OH is 1. The van der Waals surface area contributed by atoms with Crippen molar-refractivity contribution in [3.8, 4) is 0 Å². The van der Waals surface area contributed by atoms with Gasteiger partial charge in [-0.2, -0.15) is 0 Å². The lowest BCUT2D eigenvalue weighted by atomic mass is 9.81. The molecule has 3 rings (SSSR count). The van der Waals surface area contributed by atoms with Crippen LogP contribution in [-0.4, -0.2) is 53.1 Å². The fourth-order valence-electron chi connectivity index (χ4n) is 5.60. The predicted octanol–water partition coefficient (Wildman–Crippen LogP) is 3.81. The highest BCUT2D eigenvalue weighted by molar-refractivity contribution is 5.90. The minimum atomic E-state index is -0.800. The molecule has 3 N–H and O–H groups in total.